The van der Waals surface area contributed by atoms with Crippen LogP contribution in [-0.4, -0.2) is 72.8 Å². The predicted molar refractivity (Wildman–Crippen MR) is 107 cm³/mol. The van der Waals surface area contributed by atoms with Crippen LogP contribution in [0.2, 0.25) is 0 Å². The molecule has 0 bridgehead atoms. The summed E-state index contributed by atoms with van der Waals surface area (Å²) < 4.78 is 3.03. The average Bonchev–Trinajstić information content (AvgIpc) is 3.32. The molecule has 0 aliphatic carbocycles. The van der Waals surface area contributed by atoms with E-state index in [-0.39, 0.29) is 11.5 Å². The topological polar surface area (TPSA) is 91.5 Å². The number of piperidine rings is 1. The summed E-state index contributed by atoms with van der Waals surface area (Å²) in [5.41, 5.74) is 1.85. The number of H-pyrrole nitrogens is 1. The van der Waals surface area contributed by atoms with Crippen molar-refractivity contribution in [3.8, 4) is 5.95 Å². The lowest BCUT2D eigenvalue weighted by Crippen LogP contribution is -2.60. The van der Waals surface area contributed by atoms with Crippen LogP contribution in [-0.2, 0) is 0 Å². The van der Waals surface area contributed by atoms with Crippen LogP contribution < -0.4 is 5.56 Å². The van der Waals surface area contributed by atoms with Gasteiger partial charge in [0.2, 0.25) is 5.95 Å². The average molecular weight is 395 g/mol. The Balaban J connectivity index is 1.35. The number of aromatic nitrogens is 5. The second-order valence-electron chi connectivity index (χ2n) is 8.27. The first kappa shape index (κ1) is 18.1. The Bertz CT molecular complexity index is 1130. The lowest BCUT2D eigenvalue weighted by Gasteiger charge is -2.54. The van der Waals surface area contributed by atoms with Gasteiger partial charge >= 0.3 is 0 Å². The number of hydrogen-bond donors (Lipinski definition) is 1. The van der Waals surface area contributed by atoms with Crippen LogP contribution in [0.5, 0.6) is 0 Å². The van der Waals surface area contributed by atoms with Crippen LogP contribution >= 0.6 is 0 Å². The summed E-state index contributed by atoms with van der Waals surface area (Å²) in [6.07, 6.45) is 5.40. The summed E-state index contributed by atoms with van der Waals surface area (Å²) in [6, 6.07) is 3.46. The summed E-state index contributed by atoms with van der Waals surface area (Å²) in [7, 11) is 0. The minimum Gasteiger partial charge on any atom is -0.338 e. The molecule has 2 aliphatic heterocycles. The highest BCUT2D eigenvalue weighted by Gasteiger charge is 2.44. The van der Waals surface area contributed by atoms with Crippen molar-refractivity contribution in [2.75, 3.05) is 32.7 Å². The molecule has 0 saturated carbocycles. The number of carbonyl (C=O) groups excluding carboxylic acids is 1. The number of amides is 1. The molecule has 3 aromatic rings. The molecule has 0 aromatic carbocycles. The van der Waals surface area contributed by atoms with Gasteiger partial charge in [-0.3, -0.25) is 14.6 Å². The van der Waals surface area contributed by atoms with Crippen molar-refractivity contribution in [1.82, 2.24) is 34.2 Å². The van der Waals surface area contributed by atoms with Gasteiger partial charge in [0.05, 0.1) is 17.5 Å². The van der Waals surface area contributed by atoms with Gasteiger partial charge in [-0.25, -0.2) is 9.20 Å². The smallest absolute Gasteiger partial charge is 0.276 e. The summed E-state index contributed by atoms with van der Waals surface area (Å²) in [6.45, 7) is 9.01. The molecule has 2 saturated heterocycles. The highest BCUT2D eigenvalue weighted by Crippen LogP contribution is 2.40. The van der Waals surface area contributed by atoms with Crippen molar-refractivity contribution in [2.24, 2.45) is 5.41 Å². The molecule has 5 rings (SSSR count). The molecule has 9 heteroatoms. The zero-order chi connectivity index (χ0) is 20.2. The van der Waals surface area contributed by atoms with E-state index in [1.165, 1.54) is 9.20 Å². The molecule has 5 heterocycles. The first-order valence-electron chi connectivity index (χ1n) is 10.1. The van der Waals surface area contributed by atoms with Gasteiger partial charge < -0.3 is 9.80 Å². The van der Waals surface area contributed by atoms with Gasteiger partial charge in [-0.15, -0.1) is 5.10 Å². The van der Waals surface area contributed by atoms with Gasteiger partial charge in [-0.05, 0) is 43.9 Å². The number of carbonyl (C=O) groups is 1. The van der Waals surface area contributed by atoms with Crippen molar-refractivity contribution >= 4 is 11.4 Å². The lowest BCUT2D eigenvalue weighted by atomic mass is 9.72. The number of nitrogens with zero attached hydrogens (tertiary/aromatic N) is 6. The van der Waals surface area contributed by atoms with E-state index in [1.54, 1.807) is 24.5 Å². The Labute approximate surface area is 167 Å². The number of likely N-dealkylation sites (tertiary alicyclic amines) is 2. The summed E-state index contributed by atoms with van der Waals surface area (Å²) in [5.74, 6) is 0.293. The van der Waals surface area contributed by atoms with Crippen molar-refractivity contribution in [3.05, 3.63) is 46.1 Å². The van der Waals surface area contributed by atoms with E-state index < -0.39 is 0 Å². The fourth-order valence-electron chi connectivity index (χ4n) is 4.66. The van der Waals surface area contributed by atoms with Crippen molar-refractivity contribution in [2.45, 2.75) is 26.7 Å². The lowest BCUT2D eigenvalue weighted by molar-refractivity contribution is -0.0388. The highest BCUT2D eigenvalue weighted by atomic mass is 16.2. The molecule has 2 aliphatic rings. The minimum absolute atomic E-state index is 0.000315. The van der Waals surface area contributed by atoms with Gasteiger partial charge in [-0.1, -0.05) is 6.92 Å². The molecule has 1 spiro atoms. The summed E-state index contributed by atoms with van der Waals surface area (Å²) >= 11 is 0. The van der Waals surface area contributed by atoms with E-state index in [0.29, 0.717) is 28.1 Å². The van der Waals surface area contributed by atoms with Crippen molar-refractivity contribution in [3.63, 3.8) is 0 Å². The van der Waals surface area contributed by atoms with Crippen LogP contribution in [0.25, 0.3) is 11.5 Å². The number of nitrogens with one attached hydrogen (secondary N) is 1. The van der Waals surface area contributed by atoms with E-state index in [0.717, 1.165) is 45.6 Å². The predicted octanol–water partition coefficient (Wildman–Crippen LogP) is 1.07. The van der Waals surface area contributed by atoms with Crippen LogP contribution in [0.15, 0.2) is 29.3 Å². The van der Waals surface area contributed by atoms with E-state index in [1.807, 2.05) is 11.8 Å². The normalized spacial score (nSPS) is 19.0. The molecule has 1 N–H and O–H groups in total. The van der Waals surface area contributed by atoms with Crippen molar-refractivity contribution < 1.29 is 4.79 Å². The number of hydrogen-bond acceptors (Lipinski definition) is 5. The fraction of sp³-hybridized carbons (Fsp3) is 0.500. The molecule has 9 nitrogen and oxygen atoms in total. The second kappa shape index (κ2) is 6.55. The third-order valence-corrected chi connectivity index (χ3v) is 6.51. The molecule has 2 fully saturated rings. The Kier molecular flexibility index (Phi) is 4.09. The fourth-order valence-corrected chi connectivity index (χ4v) is 4.66. The molecule has 1 amide bonds. The van der Waals surface area contributed by atoms with E-state index in [2.05, 4.69) is 27.0 Å². The van der Waals surface area contributed by atoms with Crippen molar-refractivity contribution in [1.29, 1.82) is 0 Å². The van der Waals surface area contributed by atoms with E-state index >= 15 is 0 Å². The van der Waals surface area contributed by atoms with Crippen LogP contribution in [0.3, 0.4) is 0 Å². The standard InChI is InChI=1S/C20H25N7O2/c1-3-24-12-20(13-24)6-9-25(10-7-20)18(29)15-11-21-27(14(15)2)19-22-17(28)16-5-4-8-26(16)23-19/h4-5,8,11H,3,6-7,9-10,12-13H2,1-2H3,(H,22,23,28). The molecule has 0 radical (unpaired) electrons. The molecular weight excluding hydrogens is 370 g/mol. The largest absolute Gasteiger partial charge is 0.338 e. The maximum Gasteiger partial charge on any atom is 0.276 e. The Hall–Kier alpha value is -2.94. The Morgan fingerprint density at radius 1 is 1.28 bits per heavy atom. The Morgan fingerprint density at radius 2 is 2.03 bits per heavy atom. The van der Waals surface area contributed by atoms with E-state index in [4.69, 9.17) is 0 Å². The molecular formula is C20H25N7O2. The maximum absolute atomic E-state index is 13.1. The second-order valence-corrected chi connectivity index (χ2v) is 8.27. The zero-order valence-electron chi connectivity index (χ0n) is 16.8. The monoisotopic (exact) mass is 395 g/mol. The Morgan fingerprint density at radius 3 is 2.76 bits per heavy atom. The van der Waals surface area contributed by atoms with Gasteiger partial charge in [0.15, 0.2) is 0 Å². The van der Waals surface area contributed by atoms with Gasteiger partial charge in [0.25, 0.3) is 11.5 Å². The highest BCUT2D eigenvalue weighted by molar-refractivity contribution is 5.95. The van der Waals surface area contributed by atoms with Crippen LogP contribution in [0.1, 0.15) is 35.8 Å². The number of rotatable bonds is 3. The number of aromatic amines is 1. The zero-order valence-corrected chi connectivity index (χ0v) is 16.8. The van der Waals surface area contributed by atoms with Gasteiger partial charge in [-0.2, -0.15) is 5.10 Å². The summed E-state index contributed by atoms with van der Waals surface area (Å²) in [5, 5.41) is 8.72. The first-order chi connectivity index (χ1) is 14.0. The van der Waals surface area contributed by atoms with E-state index in [9.17, 15) is 9.59 Å². The molecule has 29 heavy (non-hydrogen) atoms. The maximum atomic E-state index is 13.1. The molecule has 3 aromatic heterocycles. The summed E-state index contributed by atoms with van der Waals surface area (Å²) in [4.78, 5) is 32.5. The van der Waals surface area contributed by atoms with Crippen LogP contribution in [0.4, 0.5) is 0 Å². The third-order valence-electron chi connectivity index (χ3n) is 6.51. The van der Waals surface area contributed by atoms with Gasteiger partial charge in [0.1, 0.15) is 5.52 Å². The van der Waals surface area contributed by atoms with Gasteiger partial charge in [0, 0.05) is 32.4 Å². The first-order valence-corrected chi connectivity index (χ1v) is 10.1. The number of fused-ring (bicyclic) bond motifs is 1. The minimum atomic E-state index is -0.245. The SMILES string of the molecule is CCN1CC2(CCN(C(=O)c3cnn(-c4nn5cccc5c(=O)[nH]4)c3C)CC2)C1. The molecule has 152 valence electrons. The quantitative estimate of drug-likeness (QED) is 0.716. The third kappa shape index (κ3) is 2.88. The molecule has 0 atom stereocenters. The van der Waals surface area contributed by atoms with Crippen LogP contribution in [0, 0.1) is 12.3 Å². The molecule has 0 unspecified atom stereocenters.